The molecular formula is C17H18Br2. The van der Waals surface area contributed by atoms with Gasteiger partial charge in [-0.25, -0.2) is 0 Å². The van der Waals surface area contributed by atoms with Crippen LogP contribution in [0.1, 0.15) is 52.4 Å². The van der Waals surface area contributed by atoms with E-state index in [2.05, 4.69) is 31.9 Å². The first-order valence-corrected chi connectivity index (χ1v) is 6.94. The highest BCUT2D eigenvalue weighted by Gasteiger charge is 2.26. The molecule has 19 heavy (non-hydrogen) atoms. The predicted octanol–water partition coefficient (Wildman–Crippen LogP) is 6.15. The van der Waals surface area contributed by atoms with Crippen LogP contribution < -0.4 is 0 Å². The summed E-state index contributed by atoms with van der Waals surface area (Å²) in [7, 11) is 0. The molecule has 0 aliphatic carbocycles. The van der Waals surface area contributed by atoms with Crippen molar-refractivity contribution in [1.29, 1.82) is 0 Å². The number of rotatable bonds is 2. The van der Waals surface area contributed by atoms with Crippen LogP contribution in [0.25, 0.3) is 0 Å². The van der Waals surface area contributed by atoms with Gasteiger partial charge in [-0.15, -0.1) is 0 Å². The lowest BCUT2D eigenvalue weighted by atomic mass is 9.75. The van der Waals surface area contributed by atoms with E-state index in [0.29, 0.717) is 0 Å². The summed E-state index contributed by atoms with van der Waals surface area (Å²) in [5.41, 5.74) is -4.93. The number of hydrogen-bond donors (Lipinski definition) is 0. The van der Waals surface area contributed by atoms with E-state index in [4.69, 9.17) is 16.4 Å². The molecule has 0 fully saturated rings. The Kier molecular flexibility index (Phi) is 1.61. The standard InChI is InChI=1S/C17H18Br2/c1-11-5-7-13(18)9-15(11)17(3,4)16-10-14(19)8-6-12(16)2/h5-10H,1-4H3/i1D3,2D3,3D3,4D3. The molecule has 2 heteroatoms. The van der Waals surface area contributed by atoms with Gasteiger partial charge in [-0.05, 0) is 60.2 Å². The van der Waals surface area contributed by atoms with Gasteiger partial charge in [-0.3, -0.25) is 0 Å². The van der Waals surface area contributed by atoms with E-state index >= 15 is 0 Å². The van der Waals surface area contributed by atoms with Crippen molar-refractivity contribution in [2.75, 3.05) is 0 Å². The van der Waals surface area contributed by atoms with Gasteiger partial charge < -0.3 is 0 Å². The molecule has 0 heterocycles. The van der Waals surface area contributed by atoms with Gasteiger partial charge in [-0.2, -0.15) is 0 Å². The van der Waals surface area contributed by atoms with Crippen molar-refractivity contribution < 1.29 is 16.4 Å². The van der Waals surface area contributed by atoms with Crippen LogP contribution in [0.2, 0.25) is 0 Å². The Bertz CT molecular complexity index is 888. The Morgan fingerprint density at radius 3 is 1.68 bits per heavy atom. The van der Waals surface area contributed by atoms with Gasteiger partial charge in [-0.1, -0.05) is 57.7 Å². The van der Waals surface area contributed by atoms with Gasteiger partial charge in [0.05, 0.1) is 0 Å². The first-order chi connectivity index (χ1) is 13.7. The third-order valence-electron chi connectivity index (χ3n) is 2.77. The summed E-state index contributed by atoms with van der Waals surface area (Å²) in [5, 5.41) is 0. The fourth-order valence-corrected chi connectivity index (χ4v) is 2.52. The highest BCUT2D eigenvalue weighted by atomic mass is 79.9. The molecule has 100 valence electrons. The average molecular weight is 394 g/mol. The highest BCUT2D eigenvalue weighted by Crippen LogP contribution is 2.37. The second-order valence-electron chi connectivity index (χ2n) is 4.13. The molecule has 0 amide bonds. The largest absolute Gasteiger partial charge is 0.0579 e. The fraction of sp³-hybridized carbons (Fsp3) is 0.294. The second-order valence-corrected chi connectivity index (χ2v) is 5.96. The molecule has 0 saturated carbocycles. The first-order valence-electron chi connectivity index (χ1n) is 11.4. The topological polar surface area (TPSA) is 0 Å². The zero-order valence-corrected chi connectivity index (χ0v) is 12.9. The molecular weight excluding hydrogens is 364 g/mol. The molecule has 0 unspecified atom stereocenters. The maximum Gasteiger partial charge on any atom is 0.0280 e. The predicted molar refractivity (Wildman–Crippen MR) is 89.9 cm³/mol. The molecule has 0 radical (unpaired) electrons. The van der Waals surface area contributed by atoms with Crippen molar-refractivity contribution in [3.8, 4) is 0 Å². The van der Waals surface area contributed by atoms with E-state index in [1.54, 1.807) is 0 Å². The van der Waals surface area contributed by atoms with Crippen LogP contribution in [-0.2, 0) is 5.41 Å². The smallest absolute Gasteiger partial charge is 0.0280 e. The van der Waals surface area contributed by atoms with E-state index in [1.807, 2.05) is 0 Å². The van der Waals surface area contributed by atoms with Crippen molar-refractivity contribution >= 4 is 31.9 Å². The summed E-state index contributed by atoms with van der Waals surface area (Å²) in [5.74, 6) is 0. The Hall–Kier alpha value is -0.600. The summed E-state index contributed by atoms with van der Waals surface area (Å²) in [6.07, 6.45) is 0. The fourth-order valence-electron chi connectivity index (χ4n) is 1.80. The van der Waals surface area contributed by atoms with Crippen molar-refractivity contribution in [2.45, 2.75) is 32.8 Å². The summed E-state index contributed by atoms with van der Waals surface area (Å²) >= 11 is 6.33. The lowest BCUT2D eigenvalue weighted by Crippen LogP contribution is -2.21. The van der Waals surface area contributed by atoms with E-state index < -0.39 is 55.1 Å². The van der Waals surface area contributed by atoms with Crippen LogP contribution in [0.15, 0.2) is 45.3 Å². The zero-order chi connectivity index (χ0) is 24.2. The molecule has 0 aliphatic heterocycles. The Morgan fingerprint density at radius 2 is 1.32 bits per heavy atom. The van der Waals surface area contributed by atoms with Crippen LogP contribution in [0, 0.1) is 13.7 Å². The van der Waals surface area contributed by atoms with Crippen LogP contribution >= 0.6 is 31.9 Å². The third kappa shape index (κ3) is 2.95. The van der Waals surface area contributed by atoms with Gasteiger partial charge in [0.25, 0.3) is 0 Å². The van der Waals surface area contributed by atoms with Crippen molar-refractivity contribution in [3.05, 3.63) is 67.6 Å². The summed E-state index contributed by atoms with van der Waals surface area (Å²) in [6, 6.07) is 7.24. The molecule has 0 aliphatic rings. The van der Waals surface area contributed by atoms with Gasteiger partial charge in [0, 0.05) is 30.8 Å². The molecule has 0 saturated heterocycles. The molecule has 2 aromatic carbocycles. The van der Waals surface area contributed by atoms with Gasteiger partial charge in [0.2, 0.25) is 0 Å². The molecule has 0 atom stereocenters. The number of halogens is 2. The molecule has 0 aromatic heterocycles. The normalized spacial score (nSPS) is 23.7. The quantitative estimate of drug-likeness (QED) is 0.573. The second kappa shape index (κ2) is 5.41. The molecule has 0 nitrogen and oxygen atoms in total. The summed E-state index contributed by atoms with van der Waals surface area (Å²) < 4.78 is 97.5. The SMILES string of the molecule is [2H]C([2H])([2H])c1ccc(Br)cc1C(c1cc(Br)ccc1C([2H])([2H])[2H])(C([2H])([2H])[2H])C([2H])([2H])[2H]. The minimum atomic E-state index is -3.35. The molecule has 0 N–H and O–H groups in total. The van der Waals surface area contributed by atoms with E-state index in [1.165, 1.54) is 12.1 Å². The molecule has 2 aromatic rings. The monoisotopic (exact) mass is 392 g/mol. The maximum absolute atomic E-state index is 8.29. The van der Waals surface area contributed by atoms with E-state index in [-0.39, 0.29) is 8.95 Å². The van der Waals surface area contributed by atoms with Crippen molar-refractivity contribution in [2.24, 2.45) is 0 Å². The molecule has 0 bridgehead atoms. The van der Waals surface area contributed by atoms with Gasteiger partial charge in [0.1, 0.15) is 0 Å². The lowest BCUT2D eigenvalue weighted by molar-refractivity contribution is 0.630. The van der Waals surface area contributed by atoms with Gasteiger partial charge in [0.15, 0.2) is 0 Å². The van der Waals surface area contributed by atoms with Crippen molar-refractivity contribution in [1.82, 2.24) is 0 Å². The third-order valence-corrected chi connectivity index (χ3v) is 3.76. The highest BCUT2D eigenvalue weighted by molar-refractivity contribution is 9.10. The van der Waals surface area contributed by atoms with E-state index in [0.717, 1.165) is 24.3 Å². The number of benzene rings is 2. The Labute approximate surface area is 149 Å². The van der Waals surface area contributed by atoms with Crippen LogP contribution in [0.3, 0.4) is 0 Å². The minimum absolute atomic E-state index is 0.249. The molecule has 0 spiro atoms. The van der Waals surface area contributed by atoms with E-state index in [9.17, 15) is 0 Å². The Morgan fingerprint density at radius 1 is 0.842 bits per heavy atom. The van der Waals surface area contributed by atoms with Crippen LogP contribution in [0.5, 0.6) is 0 Å². The van der Waals surface area contributed by atoms with Crippen molar-refractivity contribution in [3.63, 3.8) is 0 Å². The average Bonchev–Trinajstić information content (AvgIpc) is 2.50. The number of hydrogen-bond acceptors (Lipinski definition) is 0. The minimum Gasteiger partial charge on any atom is -0.0579 e. The molecule has 2 rings (SSSR count). The van der Waals surface area contributed by atoms with Crippen LogP contribution in [0.4, 0.5) is 0 Å². The van der Waals surface area contributed by atoms with Crippen LogP contribution in [-0.4, -0.2) is 0 Å². The Balaban J connectivity index is 3.28. The summed E-state index contributed by atoms with van der Waals surface area (Å²) in [4.78, 5) is 0. The number of aryl methyl sites for hydroxylation is 2. The first kappa shape index (κ1) is 5.65. The zero-order valence-electron chi connectivity index (χ0n) is 21.7. The maximum atomic E-state index is 8.29. The lowest BCUT2D eigenvalue weighted by Gasteiger charge is -2.30. The van der Waals surface area contributed by atoms with Gasteiger partial charge >= 0.3 is 0 Å². The summed E-state index contributed by atoms with van der Waals surface area (Å²) in [6.45, 7) is -12.4.